The monoisotopic (exact) mass is 241 g/mol. The first-order chi connectivity index (χ1) is 8.34. The predicted molar refractivity (Wildman–Crippen MR) is 72.8 cm³/mol. The second-order valence-electron chi connectivity index (χ2n) is 4.77. The molecule has 1 aromatic heterocycles. The summed E-state index contributed by atoms with van der Waals surface area (Å²) in [5, 5.41) is 3.27. The summed E-state index contributed by atoms with van der Waals surface area (Å²) >= 11 is 6.31. The Morgan fingerprint density at radius 3 is 2.94 bits per heavy atom. The van der Waals surface area contributed by atoms with E-state index < -0.39 is 0 Å². The average Bonchev–Trinajstić information content (AvgIpc) is 2.91. The first-order valence-electron chi connectivity index (χ1n) is 6.05. The molecule has 0 bridgehead atoms. The van der Waals surface area contributed by atoms with Crippen molar-refractivity contribution < 1.29 is 0 Å². The lowest BCUT2D eigenvalue weighted by Crippen LogP contribution is -1.83. The maximum atomic E-state index is 6.31. The highest BCUT2D eigenvalue weighted by atomic mass is 35.5. The van der Waals surface area contributed by atoms with Crippen LogP contribution in [0.4, 0.5) is 0 Å². The van der Waals surface area contributed by atoms with Gasteiger partial charge in [0.1, 0.15) is 0 Å². The van der Waals surface area contributed by atoms with E-state index in [1.54, 1.807) is 0 Å². The van der Waals surface area contributed by atoms with E-state index in [9.17, 15) is 0 Å². The van der Waals surface area contributed by atoms with E-state index in [0.717, 1.165) is 10.5 Å². The van der Waals surface area contributed by atoms with Gasteiger partial charge in [0.25, 0.3) is 0 Å². The molecule has 17 heavy (non-hydrogen) atoms. The first kappa shape index (κ1) is 9.55. The normalized spacial score (nSPS) is 14.6. The quantitative estimate of drug-likeness (QED) is 0.598. The Morgan fingerprint density at radius 2 is 2.00 bits per heavy atom. The van der Waals surface area contributed by atoms with Crippen molar-refractivity contribution in [3.63, 3.8) is 0 Å². The molecule has 0 fully saturated rings. The predicted octanol–water partition coefficient (Wildman–Crippen LogP) is 4.46. The molecule has 0 saturated carbocycles. The van der Waals surface area contributed by atoms with Gasteiger partial charge in [-0.2, -0.15) is 0 Å². The zero-order chi connectivity index (χ0) is 11.4. The fourth-order valence-corrected chi connectivity index (χ4v) is 3.33. The molecule has 4 rings (SSSR count). The molecule has 0 saturated heterocycles. The lowest BCUT2D eigenvalue weighted by atomic mass is 10.1. The lowest BCUT2D eigenvalue weighted by molar-refractivity contribution is 0.913. The molecule has 1 heterocycles. The number of aryl methyl sites for hydroxylation is 2. The summed E-state index contributed by atoms with van der Waals surface area (Å²) in [4.78, 5) is 3.53. The largest absolute Gasteiger partial charge is 0.354 e. The minimum atomic E-state index is 0.840. The third kappa shape index (κ3) is 1.20. The summed E-state index contributed by atoms with van der Waals surface area (Å²) in [6.07, 6.45) is 3.68. The number of aromatic amines is 1. The summed E-state index contributed by atoms with van der Waals surface area (Å²) in [7, 11) is 0. The van der Waals surface area contributed by atoms with E-state index in [-0.39, 0.29) is 0 Å². The van der Waals surface area contributed by atoms with Crippen LogP contribution in [0.2, 0.25) is 5.02 Å². The number of hydrogen-bond donors (Lipinski definition) is 1. The molecular weight excluding hydrogens is 230 g/mol. The number of hydrogen-bond acceptors (Lipinski definition) is 0. The number of aromatic nitrogens is 1. The molecule has 3 aromatic rings. The molecule has 1 aliphatic rings. The summed E-state index contributed by atoms with van der Waals surface area (Å²) < 4.78 is 0. The van der Waals surface area contributed by atoms with Crippen LogP contribution in [-0.2, 0) is 12.8 Å². The van der Waals surface area contributed by atoms with Gasteiger partial charge in [-0.3, -0.25) is 0 Å². The van der Waals surface area contributed by atoms with Crippen molar-refractivity contribution in [2.45, 2.75) is 19.3 Å². The van der Waals surface area contributed by atoms with Crippen LogP contribution in [0.15, 0.2) is 30.3 Å². The zero-order valence-corrected chi connectivity index (χ0v) is 10.1. The first-order valence-corrected chi connectivity index (χ1v) is 6.43. The van der Waals surface area contributed by atoms with E-state index in [0.29, 0.717) is 0 Å². The highest BCUT2D eigenvalue weighted by molar-refractivity contribution is 6.38. The topological polar surface area (TPSA) is 15.8 Å². The maximum absolute atomic E-state index is 6.31. The number of rotatable bonds is 0. The number of nitrogens with one attached hydrogen (secondary N) is 1. The van der Waals surface area contributed by atoms with Crippen LogP contribution in [0.25, 0.3) is 21.8 Å². The van der Waals surface area contributed by atoms with Crippen LogP contribution >= 0.6 is 11.6 Å². The Balaban J connectivity index is 2.25. The molecule has 2 heteroatoms. The second-order valence-corrected chi connectivity index (χ2v) is 5.17. The number of benzene rings is 2. The standard InChI is InChI=1S/C15H12ClN/c16-12-5-2-6-13-14(12)11-8-7-9-3-1-4-10(9)15(11)17-13/h2,5-8,17H,1,3-4H2. The molecule has 1 nitrogen and oxygen atoms in total. The van der Waals surface area contributed by atoms with Gasteiger partial charge >= 0.3 is 0 Å². The minimum absolute atomic E-state index is 0.840. The van der Waals surface area contributed by atoms with Gasteiger partial charge in [0.15, 0.2) is 0 Å². The molecule has 0 aliphatic heterocycles. The van der Waals surface area contributed by atoms with Gasteiger partial charge < -0.3 is 4.98 Å². The van der Waals surface area contributed by atoms with E-state index in [4.69, 9.17) is 11.6 Å². The van der Waals surface area contributed by atoms with Crippen LogP contribution < -0.4 is 0 Å². The van der Waals surface area contributed by atoms with Crippen LogP contribution in [0, 0.1) is 0 Å². The van der Waals surface area contributed by atoms with Crippen molar-refractivity contribution in [3.8, 4) is 0 Å². The third-order valence-corrected chi connectivity index (χ3v) is 4.14. The molecule has 84 valence electrons. The van der Waals surface area contributed by atoms with Crippen molar-refractivity contribution in [2.24, 2.45) is 0 Å². The Kier molecular flexibility index (Phi) is 1.84. The Labute approximate surface area is 104 Å². The smallest absolute Gasteiger partial charge is 0.0506 e. The summed E-state index contributed by atoms with van der Waals surface area (Å²) in [6.45, 7) is 0. The van der Waals surface area contributed by atoms with Crippen molar-refractivity contribution in [2.75, 3.05) is 0 Å². The Morgan fingerprint density at radius 1 is 1.06 bits per heavy atom. The van der Waals surface area contributed by atoms with E-state index in [1.807, 2.05) is 12.1 Å². The molecule has 1 aliphatic carbocycles. The molecule has 2 aromatic carbocycles. The summed E-state index contributed by atoms with van der Waals surface area (Å²) in [5.74, 6) is 0. The van der Waals surface area contributed by atoms with E-state index in [2.05, 4.69) is 23.2 Å². The third-order valence-electron chi connectivity index (χ3n) is 3.83. The molecule has 0 amide bonds. The van der Waals surface area contributed by atoms with Gasteiger partial charge in [-0.15, -0.1) is 0 Å². The summed E-state index contributed by atoms with van der Waals surface area (Å²) in [6, 6.07) is 10.5. The second kappa shape index (κ2) is 3.27. The van der Waals surface area contributed by atoms with Crippen molar-refractivity contribution in [1.82, 2.24) is 4.98 Å². The molecular formula is C15H12ClN. The van der Waals surface area contributed by atoms with Gasteiger partial charge in [0.2, 0.25) is 0 Å². The molecule has 0 radical (unpaired) electrons. The van der Waals surface area contributed by atoms with Gasteiger partial charge in [-0.05, 0) is 42.5 Å². The maximum Gasteiger partial charge on any atom is 0.0506 e. The van der Waals surface area contributed by atoms with Gasteiger partial charge in [-0.25, -0.2) is 0 Å². The van der Waals surface area contributed by atoms with E-state index >= 15 is 0 Å². The SMILES string of the molecule is Clc1cccc2[nH]c3c4c(ccc3c12)CCC4. The van der Waals surface area contributed by atoms with Crippen molar-refractivity contribution in [3.05, 3.63) is 46.5 Å². The number of fused-ring (bicyclic) bond motifs is 5. The highest BCUT2D eigenvalue weighted by Gasteiger charge is 2.17. The van der Waals surface area contributed by atoms with Crippen LogP contribution in [0.3, 0.4) is 0 Å². The Hall–Kier alpha value is -1.47. The molecule has 0 unspecified atom stereocenters. The van der Waals surface area contributed by atoms with Gasteiger partial charge in [-0.1, -0.05) is 29.8 Å². The van der Waals surface area contributed by atoms with Gasteiger partial charge in [0.05, 0.1) is 10.5 Å². The minimum Gasteiger partial charge on any atom is -0.354 e. The number of halogens is 1. The zero-order valence-electron chi connectivity index (χ0n) is 9.39. The van der Waals surface area contributed by atoms with Crippen molar-refractivity contribution in [1.29, 1.82) is 0 Å². The lowest BCUT2D eigenvalue weighted by Gasteiger charge is -2.00. The summed E-state index contributed by atoms with van der Waals surface area (Å²) in [5.41, 5.74) is 5.44. The van der Waals surface area contributed by atoms with E-state index in [1.165, 1.54) is 46.7 Å². The Bertz CT molecular complexity index is 739. The fourth-order valence-electron chi connectivity index (χ4n) is 3.05. The van der Waals surface area contributed by atoms with Crippen LogP contribution in [0.1, 0.15) is 17.5 Å². The molecule has 1 N–H and O–H groups in total. The highest BCUT2D eigenvalue weighted by Crippen LogP contribution is 2.36. The molecule has 0 spiro atoms. The average molecular weight is 242 g/mol. The fraction of sp³-hybridized carbons (Fsp3) is 0.200. The number of H-pyrrole nitrogens is 1. The van der Waals surface area contributed by atoms with Crippen molar-refractivity contribution >= 4 is 33.4 Å². The van der Waals surface area contributed by atoms with Gasteiger partial charge in [0, 0.05) is 16.3 Å². The molecule has 0 atom stereocenters. The van der Waals surface area contributed by atoms with Crippen LogP contribution in [-0.4, -0.2) is 4.98 Å². The van der Waals surface area contributed by atoms with Crippen LogP contribution in [0.5, 0.6) is 0 Å².